The molecule has 1 aliphatic rings. The Morgan fingerprint density at radius 3 is 2.47 bits per heavy atom. The topological polar surface area (TPSA) is 72.1 Å². The number of methoxy groups -OCH3 is 2. The molecular weight excluding hydrogens is 448 g/mol. The summed E-state index contributed by atoms with van der Waals surface area (Å²) >= 11 is 1.49. The van der Waals surface area contributed by atoms with Crippen LogP contribution in [0.15, 0.2) is 48.5 Å². The van der Waals surface area contributed by atoms with E-state index in [1.807, 2.05) is 19.1 Å². The van der Waals surface area contributed by atoms with Crippen molar-refractivity contribution in [3.63, 3.8) is 0 Å². The van der Waals surface area contributed by atoms with E-state index >= 15 is 0 Å². The minimum absolute atomic E-state index is 0.119. The molecule has 0 radical (unpaired) electrons. The predicted octanol–water partition coefficient (Wildman–Crippen LogP) is 4.87. The van der Waals surface area contributed by atoms with Crippen molar-refractivity contribution < 1.29 is 14.6 Å². The van der Waals surface area contributed by atoms with Crippen molar-refractivity contribution in [2.45, 2.75) is 32.2 Å². The molecule has 7 nitrogen and oxygen atoms in total. The Morgan fingerprint density at radius 1 is 1.06 bits per heavy atom. The number of aromatic nitrogens is 3. The van der Waals surface area contributed by atoms with E-state index in [1.165, 1.54) is 16.9 Å². The molecule has 0 aliphatic carbocycles. The van der Waals surface area contributed by atoms with Crippen LogP contribution in [-0.4, -0.2) is 51.9 Å². The zero-order valence-corrected chi connectivity index (χ0v) is 20.6. The van der Waals surface area contributed by atoms with Crippen LogP contribution in [0.3, 0.4) is 0 Å². The van der Waals surface area contributed by atoms with E-state index in [0.717, 1.165) is 42.8 Å². The monoisotopic (exact) mass is 478 g/mol. The highest BCUT2D eigenvalue weighted by Gasteiger charge is 2.32. The van der Waals surface area contributed by atoms with Gasteiger partial charge in [0.1, 0.15) is 5.82 Å². The largest absolute Gasteiger partial charge is 0.493 e. The number of benzene rings is 2. The second kappa shape index (κ2) is 9.64. The summed E-state index contributed by atoms with van der Waals surface area (Å²) in [5, 5.41) is 15.5. The Labute approximate surface area is 203 Å². The lowest BCUT2D eigenvalue weighted by Crippen LogP contribution is -2.37. The van der Waals surface area contributed by atoms with E-state index in [9.17, 15) is 5.11 Å². The van der Waals surface area contributed by atoms with Gasteiger partial charge in [-0.15, -0.1) is 5.10 Å². The van der Waals surface area contributed by atoms with E-state index in [4.69, 9.17) is 9.47 Å². The van der Waals surface area contributed by atoms with E-state index in [2.05, 4.69) is 51.4 Å². The third kappa shape index (κ3) is 4.35. The number of rotatable bonds is 7. The molecule has 1 aliphatic heterocycles. The first-order chi connectivity index (χ1) is 16.6. The molecule has 1 saturated heterocycles. The third-order valence-electron chi connectivity index (χ3n) is 6.66. The Balaban J connectivity index is 1.46. The first kappa shape index (κ1) is 22.7. The summed E-state index contributed by atoms with van der Waals surface area (Å²) in [4.78, 5) is 8.50. The molecule has 1 fully saturated rings. The normalized spacial score (nSPS) is 16.1. The van der Waals surface area contributed by atoms with Gasteiger partial charge in [0, 0.05) is 0 Å². The number of aromatic hydroxyl groups is 1. The Bertz CT molecular complexity index is 1260. The molecule has 2 aromatic heterocycles. The maximum absolute atomic E-state index is 11.1. The van der Waals surface area contributed by atoms with Crippen molar-refractivity contribution in [3.8, 4) is 17.4 Å². The number of nitrogens with zero attached hydrogens (tertiary/aromatic N) is 4. The first-order valence-electron chi connectivity index (χ1n) is 11.6. The molecule has 0 saturated carbocycles. The third-order valence-corrected chi connectivity index (χ3v) is 7.73. The lowest BCUT2D eigenvalue weighted by atomic mass is 9.88. The van der Waals surface area contributed by atoms with Crippen LogP contribution in [0.5, 0.6) is 17.4 Å². The number of likely N-dealkylation sites (tertiary alicyclic amines) is 1. The first-order valence-corrected chi connectivity index (χ1v) is 12.4. The molecule has 1 unspecified atom stereocenters. The van der Waals surface area contributed by atoms with Gasteiger partial charge in [-0.05, 0) is 68.5 Å². The maximum atomic E-state index is 11.1. The van der Waals surface area contributed by atoms with Gasteiger partial charge in [0.25, 0.3) is 0 Å². The average molecular weight is 479 g/mol. The molecule has 0 amide bonds. The van der Waals surface area contributed by atoms with Crippen LogP contribution in [0.1, 0.15) is 40.7 Å². The minimum Gasteiger partial charge on any atom is -0.493 e. The van der Waals surface area contributed by atoms with Crippen molar-refractivity contribution in [2.75, 3.05) is 27.3 Å². The molecule has 4 aromatic rings. The molecule has 3 heterocycles. The lowest BCUT2D eigenvalue weighted by molar-refractivity contribution is 0.150. The number of hydrogen-bond donors (Lipinski definition) is 1. The van der Waals surface area contributed by atoms with Crippen LogP contribution in [-0.2, 0) is 6.42 Å². The smallest absolute Gasteiger partial charge is 0.230 e. The lowest BCUT2D eigenvalue weighted by Gasteiger charge is -2.37. The maximum Gasteiger partial charge on any atom is 0.230 e. The minimum atomic E-state index is -0.119. The second-order valence-corrected chi connectivity index (χ2v) is 9.84. The van der Waals surface area contributed by atoms with E-state index in [1.54, 1.807) is 18.7 Å². The van der Waals surface area contributed by atoms with Crippen LogP contribution in [0, 0.1) is 12.8 Å². The van der Waals surface area contributed by atoms with Crippen molar-refractivity contribution in [1.82, 2.24) is 19.5 Å². The Kier molecular flexibility index (Phi) is 6.43. The standard InChI is InChI=1S/C26H30N4O3S/c1-17-27-26-30(28-17)25(31)24(34-26)23(20-9-10-21(32-2)22(16-20)33-3)29-13-11-19(12-14-29)15-18-7-5-4-6-8-18/h4-10,16,19,23,31H,11-15H2,1-3H3. The van der Waals surface area contributed by atoms with Crippen LogP contribution >= 0.6 is 11.3 Å². The van der Waals surface area contributed by atoms with Crippen LogP contribution < -0.4 is 9.47 Å². The predicted molar refractivity (Wildman–Crippen MR) is 133 cm³/mol. The summed E-state index contributed by atoms with van der Waals surface area (Å²) in [5.74, 6) is 2.83. The van der Waals surface area contributed by atoms with Gasteiger partial charge >= 0.3 is 0 Å². The van der Waals surface area contributed by atoms with Crippen LogP contribution in [0.2, 0.25) is 0 Å². The highest BCUT2D eigenvalue weighted by molar-refractivity contribution is 7.17. The number of ether oxygens (including phenoxy) is 2. The average Bonchev–Trinajstić information content (AvgIpc) is 3.37. The van der Waals surface area contributed by atoms with Crippen molar-refractivity contribution in [1.29, 1.82) is 0 Å². The highest BCUT2D eigenvalue weighted by atomic mass is 32.1. The molecule has 178 valence electrons. The summed E-state index contributed by atoms with van der Waals surface area (Å²) < 4.78 is 12.6. The molecule has 0 bridgehead atoms. The molecule has 5 rings (SSSR count). The van der Waals surface area contributed by atoms with E-state index in [0.29, 0.717) is 28.2 Å². The fourth-order valence-electron chi connectivity index (χ4n) is 4.94. The summed E-state index contributed by atoms with van der Waals surface area (Å²) in [6.45, 7) is 3.73. The van der Waals surface area contributed by atoms with Crippen molar-refractivity contribution in [2.24, 2.45) is 5.92 Å². The van der Waals surface area contributed by atoms with Gasteiger partial charge in [-0.3, -0.25) is 4.90 Å². The quantitative estimate of drug-likeness (QED) is 0.409. The van der Waals surface area contributed by atoms with Crippen molar-refractivity contribution >= 4 is 16.3 Å². The molecule has 1 N–H and O–H groups in total. The second-order valence-electron chi connectivity index (χ2n) is 8.83. The van der Waals surface area contributed by atoms with Gasteiger partial charge in [-0.1, -0.05) is 47.7 Å². The fraction of sp³-hybridized carbons (Fsp3) is 0.385. The zero-order chi connectivity index (χ0) is 23.7. The number of piperidine rings is 1. The molecular formula is C26H30N4O3S. The SMILES string of the molecule is COc1ccc(C(c2sc3nc(C)nn3c2O)N2CCC(Cc3ccccc3)CC2)cc1OC. The summed E-state index contributed by atoms with van der Waals surface area (Å²) in [7, 11) is 3.29. The van der Waals surface area contributed by atoms with Gasteiger partial charge in [-0.2, -0.15) is 4.52 Å². The Morgan fingerprint density at radius 2 is 1.79 bits per heavy atom. The molecule has 1 atom stereocenters. The highest BCUT2D eigenvalue weighted by Crippen LogP contribution is 2.43. The van der Waals surface area contributed by atoms with E-state index in [-0.39, 0.29) is 11.9 Å². The van der Waals surface area contributed by atoms with E-state index < -0.39 is 0 Å². The summed E-state index contributed by atoms with van der Waals surface area (Å²) in [6.07, 6.45) is 3.33. The zero-order valence-electron chi connectivity index (χ0n) is 19.8. The van der Waals surface area contributed by atoms with Gasteiger partial charge in [0.05, 0.1) is 25.1 Å². The summed E-state index contributed by atoms with van der Waals surface area (Å²) in [6, 6.07) is 16.6. The number of aryl methyl sites for hydroxylation is 1. The molecule has 8 heteroatoms. The van der Waals surface area contributed by atoms with Gasteiger partial charge in [0.15, 0.2) is 11.5 Å². The Hall–Kier alpha value is -3.10. The van der Waals surface area contributed by atoms with Gasteiger partial charge in [0.2, 0.25) is 10.8 Å². The van der Waals surface area contributed by atoms with Crippen molar-refractivity contribution in [3.05, 3.63) is 70.4 Å². The molecule has 34 heavy (non-hydrogen) atoms. The fourth-order valence-corrected chi connectivity index (χ4v) is 6.10. The van der Waals surface area contributed by atoms with Crippen LogP contribution in [0.4, 0.5) is 0 Å². The molecule has 0 spiro atoms. The van der Waals surface area contributed by atoms with Gasteiger partial charge in [-0.25, -0.2) is 4.98 Å². The van der Waals surface area contributed by atoms with Crippen LogP contribution in [0.25, 0.3) is 4.96 Å². The number of thiazole rings is 1. The number of hydrogen-bond acceptors (Lipinski definition) is 7. The van der Waals surface area contributed by atoms with Gasteiger partial charge < -0.3 is 14.6 Å². The summed E-state index contributed by atoms with van der Waals surface area (Å²) in [5.41, 5.74) is 2.45. The molecule has 2 aromatic carbocycles. The number of fused-ring (bicyclic) bond motifs is 1.